The van der Waals surface area contributed by atoms with Crippen molar-refractivity contribution in [1.82, 2.24) is 4.98 Å². The molecule has 1 aromatic carbocycles. The normalized spacial score (nSPS) is 10.5. The molecule has 0 radical (unpaired) electrons. The minimum atomic E-state index is 0.375. The summed E-state index contributed by atoms with van der Waals surface area (Å²) in [5.41, 5.74) is 7.36. The summed E-state index contributed by atoms with van der Waals surface area (Å²) in [7, 11) is 1.53. The number of anilines is 1. The third kappa shape index (κ3) is 2.96. The predicted molar refractivity (Wildman–Crippen MR) is 75.8 cm³/mol. The maximum Gasteiger partial charge on any atom is 0.240 e. The zero-order valence-corrected chi connectivity index (χ0v) is 11.4. The average Bonchev–Trinajstić information content (AvgIpc) is 2.41. The molecule has 2 aromatic rings. The van der Waals surface area contributed by atoms with Crippen LogP contribution in [0.4, 0.5) is 5.69 Å². The number of hydrogen-bond donors (Lipinski definition) is 1. The second-order valence-electron chi connectivity index (χ2n) is 4.54. The van der Waals surface area contributed by atoms with E-state index in [1.165, 1.54) is 7.11 Å². The van der Waals surface area contributed by atoms with E-state index in [0.717, 1.165) is 11.3 Å². The molecule has 0 unspecified atom stereocenters. The van der Waals surface area contributed by atoms with Crippen LogP contribution in [0.25, 0.3) is 0 Å². The van der Waals surface area contributed by atoms with Gasteiger partial charge in [0.05, 0.1) is 12.8 Å². The molecule has 0 spiro atoms. The lowest BCUT2D eigenvalue weighted by Gasteiger charge is -2.13. The van der Waals surface area contributed by atoms with Gasteiger partial charge >= 0.3 is 0 Å². The summed E-state index contributed by atoms with van der Waals surface area (Å²) in [5, 5.41) is 0. The maximum atomic E-state index is 5.82. The average molecular weight is 258 g/mol. The third-order valence-corrected chi connectivity index (χ3v) is 2.81. The van der Waals surface area contributed by atoms with Crippen molar-refractivity contribution >= 4 is 5.69 Å². The Balaban J connectivity index is 2.31. The van der Waals surface area contributed by atoms with Gasteiger partial charge in [0.25, 0.3) is 0 Å². The Bertz CT molecular complexity index is 568. The molecular weight excluding hydrogens is 240 g/mol. The number of pyridine rings is 1. The number of para-hydroxylation sites is 1. The number of benzene rings is 1. The molecule has 0 aliphatic heterocycles. The highest BCUT2D eigenvalue weighted by molar-refractivity contribution is 5.50. The van der Waals surface area contributed by atoms with Gasteiger partial charge in [0.1, 0.15) is 5.75 Å². The summed E-state index contributed by atoms with van der Waals surface area (Å²) < 4.78 is 10.9. The van der Waals surface area contributed by atoms with Crippen LogP contribution >= 0.6 is 0 Å². The van der Waals surface area contributed by atoms with Gasteiger partial charge in [-0.1, -0.05) is 32.0 Å². The van der Waals surface area contributed by atoms with Crippen molar-refractivity contribution in [2.45, 2.75) is 19.8 Å². The molecule has 0 bridgehead atoms. The van der Waals surface area contributed by atoms with Crippen molar-refractivity contribution in [3.63, 3.8) is 0 Å². The first-order valence-electron chi connectivity index (χ1n) is 6.19. The molecule has 0 saturated heterocycles. The lowest BCUT2D eigenvalue weighted by atomic mass is 10.0. The van der Waals surface area contributed by atoms with Crippen molar-refractivity contribution in [3.05, 3.63) is 42.0 Å². The molecular formula is C15H18N2O2. The minimum Gasteiger partial charge on any atom is -0.479 e. The number of hydrogen-bond acceptors (Lipinski definition) is 4. The number of methoxy groups -OCH3 is 1. The Kier molecular flexibility index (Phi) is 3.90. The molecule has 0 amide bonds. The Morgan fingerprint density at radius 3 is 2.53 bits per heavy atom. The topological polar surface area (TPSA) is 57.4 Å². The molecule has 0 saturated carbocycles. The molecule has 1 aromatic heterocycles. The molecule has 19 heavy (non-hydrogen) atoms. The standard InChI is InChI=1S/C15H18N2O2/c1-10(2)11-6-4-5-7-13(11)19-14-9-8-12(16)15(17-14)18-3/h4-10H,16H2,1-3H3. The van der Waals surface area contributed by atoms with Crippen LogP contribution in [0.2, 0.25) is 0 Å². The number of rotatable bonds is 4. The molecule has 0 aliphatic carbocycles. The number of ether oxygens (including phenoxy) is 2. The Morgan fingerprint density at radius 2 is 1.84 bits per heavy atom. The van der Waals surface area contributed by atoms with Gasteiger partial charge in [-0.05, 0) is 23.6 Å². The van der Waals surface area contributed by atoms with E-state index in [4.69, 9.17) is 15.2 Å². The summed E-state index contributed by atoms with van der Waals surface area (Å²) >= 11 is 0. The van der Waals surface area contributed by atoms with Gasteiger partial charge in [0.2, 0.25) is 11.8 Å². The third-order valence-electron chi connectivity index (χ3n) is 2.81. The Morgan fingerprint density at radius 1 is 1.11 bits per heavy atom. The van der Waals surface area contributed by atoms with E-state index in [0.29, 0.717) is 23.4 Å². The monoisotopic (exact) mass is 258 g/mol. The first-order valence-corrected chi connectivity index (χ1v) is 6.19. The molecule has 0 fully saturated rings. The summed E-state index contributed by atoms with van der Waals surface area (Å²) in [6, 6.07) is 11.4. The molecule has 4 heteroatoms. The molecule has 2 N–H and O–H groups in total. The van der Waals surface area contributed by atoms with Crippen LogP contribution in [-0.2, 0) is 0 Å². The van der Waals surface area contributed by atoms with Crippen molar-refractivity contribution in [2.75, 3.05) is 12.8 Å². The van der Waals surface area contributed by atoms with Crippen LogP contribution in [-0.4, -0.2) is 12.1 Å². The summed E-state index contributed by atoms with van der Waals surface area (Å²) in [6.45, 7) is 4.25. The zero-order chi connectivity index (χ0) is 13.8. The lowest BCUT2D eigenvalue weighted by Crippen LogP contribution is -1.98. The van der Waals surface area contributed by atoms with Crippen molar-refractivity contribution < 1.29 is 9.47 Å². The van der Waals surface area contributed by atoms with Crippen molar-refractivity contribution in [1.29, 1.82) is 0 Å². The summed E-state index contributed by atoms with van der Waals surface area (Å²) in [5.74, 6) is 2.03. The van der Waals surface area contributed by atoms with Crippen LogP contribution in [0.1, 0.15) is 25.3 Å². The Labute approximate surface area is 113 Å². The lowest BCUT2D eigenvalue weighted by molar-refractivity contribution is 0.384. The highest BCUT2D eigenvalue weighted by atomic mass is 16.5. The quantitative estimate of drug-likeness (QED) is 0.910. The van der Waals surface area contributed by atoms with Gasteiger partial charge in [-0.25, -0.2) is 0 Å². The predicted octanol–water partition coefficient (Wildman–Crippen LogP) is 3.59. The van der Waals surface area contributed by atoms with Crippen LogP contribution in [0.5, 0.6) is 17.5 Å². The van der Waals surface area contributed by atoms with Gasteiger partial charge in [-0.2, -0.15) is 4.98 Å². The second-order valence-corrected chi connectivity index (χ2v) is 4.54. The van der Waals surface area contributed by atoms with Crippen molar-refractivity contribution in [2.24, 2.45) is 0 Å². The van der Waals surface area contributed by atoms with Gasteiger partial charge in [-0.15, -0.1) is 0 Å². The van der Waals surface area contributed by atoms with E-state index < -0.39 is 0 Å². The molecule has 4 nitrogen and oxygen atoms in total. The van der Waals surface area contributed by atoms with E-state index >= 15 is 0 Å². The first-order chi connectivity index (χ1) is 9.11. The Hall–Kier alpha value is -2.23. The number of nitrogens with two attached hydrogens (primary N) is 1. The highest BCUT2D eigenvalue weighted by Crippen LogP contribution is 2.31. The molecule has 1 heterocycles. The molecule has 2 rings (SSSR count). The molecule has 0 aliphatic rings. The minimum absolute atomic E-state index is 0.375. The van der Waals surface area contributed by atoms with Gasteiger partial charge < -0.3 is 15.2 Å². The van der Waals surface area contributed by atoms with Gasteiger partial charge in [-0.3, -0.25) is 0 Å². The smallest absolute Gasteiger partial charge is 0.240 e. The maximum absolute atomic E-state index is 5.82. The van der Waals surface area contributed by atoms with Crippen LogP contribution in [0.3, 0.4) is 0 Å². The van der Waals surface area contributed by atoms with E-state index in [2.05, 4.69) is 24.9 Å². The number of nitrogen functional groups attached to an aromatic ring is 1. The van der Waals surface area contributed by atoms with Crippen molar-refractivity contribution in [3.8, 4) is 17.5 Å². The molecule has 100 valence electrons. The zero-order valence-electron chi connectivity index (χ0n) is 11.4. The molecule has 0 atom stereocenters. The summed E-state index contributed by atoms with van der Waals surface area (Å²) in [6.07, 6.45) is 0. The van der Waals surface area contributed by atoms with Gasteiger partial charge in [0, 0.05) is 6.07 Å². The number of nitrogens with zero attached hydrogens (tertiary/aromatic N) is 1. The number of aromatic nitrogens is 1. The van der Waals surface area contributed by atoms with Crippen LogP contribution in [0, 0.1) is 0 Å². The fourth-order valence-electron chi connectivity index (χ4n) is 1.82. The van der Waals surface area contributed by atoms with E-state index in [1.54, 1.807) is 12.1 Å². The van der Waals surface area contributed by atoms with E-state index in [-0.39, 0.29) is 0 Å². The first kappa shape index (κ1) is 13.2. The summed E-state index contributed by atoms with van der Waals surface area (Å²) in [4.78, 5) is 4.22. The SMILES string of the molecule is COc1nc(Oc2ccccc2C(C)C)ccc1N. The van der Waals surface area contributed by atoms with E-state index in [9.17, 15) is 0 Å². The fraction of sp³-hybridized carbons (Fsp3) is 0.267. The van der Waals surface area contributed by atoms with Gasteiger partial charge in [0.15, 0.2) is 0 Å². The largest absolute Gasteiger partial charge is 0.479 e. The highest BCUT2D eigenvalue weighted by Gasteiger charge is 2.10. The van der Waals surface area contributed by atoms with Crippen LogP contribution in [0.15, 0.2) is 36.4 Å². The second kappa shape index (κ2) is 5.61. The fourth-order valence-corrected chi connectivity index (χ4v) is 1.82. The van der Waals surface area contributed by atoms with Crippen LogP contribution < -0.4 is 15.2 Å². The van der Waals surface area contributed by atoms with E-state index in [1.807, 2.05) is 18.2 Å².